The van der Waals surface area contributed by atoms with E-state index in [0.717, 1.165) is 4.31 Å². The third kappa shape index (κ3) is 2.94. The number of rotatable bonds is 4. The smallest absolute Gasteiger partial charge is 0.369 e. The Balaban J connectivity index is 3.04. The van der Waals surface area contributed by atoms with Gasteiger partial charge in [-0.25, -0.2) is 0 Å². The fourth-order valence-electron chi connectivity index (χ4n) is 0.846. The molecule has 0 bridgehead atoms. The maximum absolute atomic E-state index is 11.4. The molecule has 0 aliphatic heterocycles. The van der Waals surface area contributed by atoms with Crippen molar-refractivity contribution in [1.29, 1.82) is 0 Å². The van der Waals surface area contributed by atoms with Crippen molar-refractivity contribution in [2.45, 2.75) is 0 Å². The minimum absolute atomic E-state index is 0.0130. The Morgan fingerprint density at radius 2 is 2.00 bits per heavy atom. The van der Waals surface area contributed by atoms with E-state index in [1.54, 1.807) is 0 Å². The predicted molar refractivity (Wildman–Crippen MR) is 60.1 cm³/mol. The lowest BCUT2D eigenvalue weighted by molar-refractivity contribution is 0.112. The number of halogens is 1. The average Bonchev–Trinajstić information content (AvgIpc) is 2.20. The number of hydrogen-bond acceptors (Lipinski definition) is 4. The molecule has 0 saturated carbocycles. The molecule has 0 N–H and O–H groups in total. The summed E-state index contributed by atoms with van der Waals surface area (Å²) in [5, 5.41) is 0.0648. The molecular weight excluding hydrogens is 254 g/mol. The average molecular weight is 264 g/mol. The quantitative estimate of drug-likeness (QED) is 0.769. The van der Waals surface area contributed by atoms with Crippen LogP contribution in [-0.2, 0) is 10.3 Å². The molecule has 7 heteroatoms. The summed E-state index contributed by atoms with van der Waals surface area (Å²) in [5.74, 6) is -0.0130. The van der Waals surface area contributed by atoms with E-state index >= 15 is 0 Å². The van der Waals surface area contributed by atoms with E-state index in [0.29, 0.717) is 11.8 Å². The van der Waals surface area contributed by atoms with Gasteiger partial charge in [0.1, 0.15) is 6.29 Å². The molecule has 0 fully saturated rings. The van der Waals surface area contributed by atoms with Crippen LogP contribution in [0.15, 0.2) is 18.2 Å². The molecule has 0 atom stereocenters. The second-order valence-corrected chi connectivity index (χ2v) is 5.29. The lowest BCUT2D eigenvalue weighted by Gasteiger charge is -2.12. The molecule has 0 aliphatic rings. The fraction of sp³-hybridized carbons (Fsp3) is 0.222. The van der Waals surface area contributed by atoms with Gasteiger partial charge in [0.15, 0.2) is 5.75 Å². The molecule has 5 nitrogen and oxygen atoms in total. The molecular formula is C9H10ClNO4S. The first-order valence-corrected chi connectivity index (χ1v) is 5.98. The highest BCUT2D eigenvalue weighted by atomic mass is 35.5. The maximum Gasteiger partial charge on any atom is 0.384 e. The van der Waals surface area contributed by atoms with E-state index in [-0.39, 0.29) is 10.8 Å². The van der Waals surface area contributed by atoms with Crippen molar-refractivity contribution in [2.24, 2.45) is 0 Å². The van der Waals surface area contributed by atoms with Crippen molar-refractivity contribution in [1.82, 2.24) is 4.31 Å². The minimum Gasteiger partial charge on any atom is -0.369 e. The van der Waals surface area contributed by atoms with Crippen LogP contribution in [0.2, 0.25) is 5.02 Å². The largest absolute Gasteiger partial charge is 0.384 e. The Hall–Kier alpha value is -1.11. The standard InChI is InChI=1S/C9H10ClNO4S/c1-11(2)16(13,14)15-9-4-3-7(6-12)5-8(9)10/h3-6H,1-2H3. The molecule has 16 heavy (non-hydrogen) atoms. The number of carbonyl (C=O) groups excluding carboxylic acids is 1. The highest BCUT2D eigenvalue weighted by Crippen LogP contribution is 2.26. The van der Waals surface area contributed by atoms with E-state index in [9.17, 15) is 13.2 Å². The fourth-order valence-corrected chi connectivity index (χ4v) is 1.64. The summed E-state index contributed by atoms with van der Waals surface area (Å²) < 4.78 is 28.4. The zero-order chi connectivity index (χ0) is 12.3. The molecule has 0 amide bonds. The van der Waals surface area contributed by atoms with Crippen LogP contribution in [0, 0.1) is 0 Å². The third-order valence-corrected chi connectivity index (χ3v) is 3.31. The lowest BCUT2D eigenvalue weighted by atomic mass is 10.2. The molecule has 0 aromatic heterocycles. The van der Waals surface area contributed by atoms with Crippen LogP contribution in [0.3, 0.4) is 0 Å². The van der Waals surface area contributed by atoms with Crippen LogP contribution in [0.4, 0.5) is 0 Å². The second-order valence-electron chi connectivity index (χ2n) is 3.13. The van der Waals surface area contributed by atoms with Crippen molar-refractivity contribution < 1.29 is 17.4 Å². The third-order valence-electron chi connectivity index (χ3n) is 1.73. The van der Waals surface area contributed by atoms with Crippen molar-refractivity contribution >= 4 is 28.2 Å². The zero-order valence-corrected chi connectivity index (χ0v) is 10.2. The van der Waals surface area contributed by atoms with Crippen LogP contribution in [0.25, 0.3) is 0 Å². The minimum atomic E-state index is -3.83. The molecule has 0 heterocycles. The van der Waals surface area contributed by atoms with Gasteiger partial charge in [0, 0.05) is 19.7 Å². The summed E-state index contributed by atoms with van der Waals surface area (Å²) in [4.78, 5) is 10.4. The summed E-state index contributed by atoms with van der Waals surface area (Å²) in [6.45, 7) is 0. The van der Waals surface area contributed by atoms with Gasteiger partial charge in [0.05, 0.1) is 5.02 Å². The first-order valence-electron chi connectivity index (χ1n) is 4.23. The number of benzene rings is 1. The topological polar surface area (TPSA) is 63.7 Å². The summed E-state index contributed by atoms with van der Waals surface area (Å²) in [6, 6.07) is 4.07. The van der Waals surface area contributed by atoms with E-state index < -0.39 is 10.3 Å². The number of hydrogen-bond donors (Lipinski definition) is 0. The van der Waals surface area contributed by atoms with Gasteiger partial charge in [-0.05, 0) is 18.2 Å². The van der Waals surface area contributed by atoms with E-state index in [2.05, 4.69) is 0 Å². The number of nitrogens with zero attached hydrogens (tertiary/aromatic N) is 1. The normalized spacial score (nSPS) is 11.5. The molecule has 88 valence electrons. The van der Waals surface area contributed by atoms with Gasteiger partial charge in [-0.2, -0.15) is 12.7 Å². The van der Waals surface area contributed by atoms with Gasteiger partial charge in [0.25, 0.3) is 0 Å². The summed E-state index contributed by atoms with van der Waals surface area (Å²) in [6.07, 6.45) is 0.607. The van der Waals surface area contributed by atoms with E-state index in [4.69, 9.17) is 15.8 Å². The molecule has 1 rings (SSSR count). The molecule has 0 spiro atoms. The molecule has 0 aliphatic carbocycles. The summed E-state index contributed by atoms with van der Waals surface area (Å²) in [5.41, 5.74) is 0.347. The Kier molecular flexibility index (Phi) is 3.90. The monoisotopic (exact) mass is 263 g/mol. The molecule has 0 unspecified atom stereocenters. The predicted octanol–water partition coefficient (Wildman–Crippen LogP) is 1.34. The molecule has 0 radical (unpaired) electrons. The van der Waals surface area contributed by atoms with Gasteiger partial charge in [0.2, 0.25) is 0 Å². The molecule has 1 aromatic carbocycles. The van der Waals surface area contributed by atoms with Gasteiger partial charge < -0.3 is 4.18 Å². The second kappa shape index (κ2) is 4.82. The van der Waals surface area contributed by atoms with Crippen molar-refractivity contribution in [3.63, 3.8) is 0 Å². The highest BCUT2D eigenvalue weighted by molar-refractivity contribution is 7.84. The van der Waals surface area contributed by atoms with Crippen molar-refractivity contribution in [3.8, 4) is 5.75 Å². The highest BCUT2D eigenvalue weighted by Gasteiger charge is 2.17. The SMILES string of the molecule is CN(C)S(=O)(=O)Oc1ccc(C=O)cc1Cl. The summed E-state index contributed by atoms with van der Waals surface area (Å²) >= 11 is 5.75. The van der Waals surface area contributed by atoms with Crippen LogP contribution in [0.1, 0.15) is 10.4 Å². The van der Waals surface area contributed by atoms with E-state index in [1.807, 2.05) is 0 Å². The van der Waals surface area contributed by atoms with Crippen molar-refractivity contribution in [3.05, 3.63) is 28.8 Å². The number of carbonyl (C=O) groups is 1. The molecule has 0 saturated heterocycles. The van der Waals surface area contributed by atoms with Crippen LogP contribution in [-0.4, -0.2) is 33.1 Å². The Morgan fingerprint density at radius 1 is 1.38 bits per heavy atom. The Labute approximate surface area is 98.8 Å². The van der Waals surface area contributed by atoms with Crippen LogP contribution >= 0.6 is 11.6 Å². The van der Waals surface area contributed by atoms with Crippen LogP contribution < -0.4 is 4.18 Å². The van der Waals surface area contributed by atoms with Crippen LogP contribution in [0.5, 0.6) is 5.75 Å². The van der Waals surface area contributed by atoms with E-state index in [1.165, 1.54) is 32.3 Å². The molecule has 1 aromatic rings. The van der Waals surface area contributed by atoms with Crippen molar-refractivity contribution in [2.75, 3.05) is 14.1 Å². The maximum atomic E-state index is 11.4. The number of aldehydes is 1. The first-order chi connectivity index (χ1) is 7.36. The summed E-state index contributed by atoms with van der Waals surface area (Å²) in [7, 11) is -1.16. The first kappa shape index (κ1) is 13.0. The Bertz CT molecular complexity index is 498. The van der Waals surface area contributed by atoms with Gasteiger partial charge in [-0.15, -0.1) is 0 Å². The van der Waals surface area contributed by atoms with Gasteiger partial charge in [-0.1, -0.05) is 11.6 Å². The zero-order valence-electron chi connectivity index (χ0n) is 8.68. The van der Waals surface area contributed by atoms with Gasteiger partial charge >= 0.3 is 10.3 Å². The Morgan fingerprint density at radius 3 is 2.44 bits per heavy atom. The van der Waals surface area contributed by atoms with Gasteiger partial charge in [-0.3, -0.25) is 4.79 Å². The lowest BCUT2D eigenvalue weighted by Crippen LogP contribution is -2.27.